The molecule has 0 amide bonds. The summed E-state index contributed by atoms with van der Waals surface area (Å²) in [6, 6.07) is 0. The minimum absolute atomic E-state index is 0.0820. The zero-order valence-corrected chi connectivity index (χ0v) is 23.5. The van der Waals surface area contributed by atoms with Crippen molar-refractivity contribution in [1.82, 2.24) is 41.2 Å². The predicted octanol–water partition coefficient (Wildman–Crippen LogP) is 0.763. The van der Waals surface area contributed by atoms with Crippen LogP contribution in [0, 0.1) is 0 Å². The highest BCUT2D eigenvalue weighted by Crippen LogP contribution is 2.17. The van der Waals surface area contributed by atoms with Crippen LogP contribution in [0.3, 0.4) is 0 Å². The van der Waals surface area contributed by atoms with Crippen LogP contribution in [0.4, 0.5) is 0 Å². The van der Waals surface area contributed by atoms with Gasteiger partial charge in [0.05, 0.1) is 29.7 Å². The lowest BCUT2D eigenvalue weighted by atomic mass is 10.1. The average molecular weight is 546 g/mol. The average Bonchev–Trinajstić information content (AvgIpc) is 3.41. The first kappa shape index (κ1) is 30.8. The minimum atomic E-state index is -4.39. The van der Waals surface area contributed by atoms with Crippen molar-refractivity contribution in [2.75, 3.05) is 33.0 Å². The lowest BCUT2D eigenvalue weighted by Crippen LogP contribution is -2.47. The van der Waals surface area contributed by atoms with Crippen LogP contribution in [0.15, 0.2) is 30.0 Å². The summed E-state index contributed by atoms with van der Waals surface area (Å²) in [5, 5.41) is 13.7. The molecule has 1 aliphatic heterocycles. The highest BCUT2D eigenvalue weighted by molar-refractivity contribution is 7.80. The molecule has 0 aliphatic carbocycles. The number of rotatable bonds is 15. The molecule has 0 bridgehead atoms. The summed E-state index contributed by atoms with van der Waals surface area (Å²) in [5.41, 5.74) is 14.9. The van der Waals surface area contributed by atoms with Crippen molar-refractivity contribution in [3.8, 4) is 0 Å². The Labute approximate surface area is 220 Å². The summed E-state index contributed by atoms with van der Waals surface area (Å²) < 4.78 is 41.1. The number of nitrogens with one attached hydrogen (secondary N) is 3. The topological polar surface area (TPSA) is 172 Å². The summed E-state index contributed by atoms with van der Waals surface area (Å²) in [6.45, 7) is 14.8. The Morgan fingerprint density at radius 3 is 2.49 bits per heavy atom. The lowest BCUT2D eigenvalue weighted by molar-refractivity contribution is 0.117. The van der Waals surface area contributed by atoms with Gasteiger partial charge in [0.15, 0.2) is 0 Å². The van der Waals surface area contributed by atoms with Gasteiger partial charge in [-0.1, -0.05) is 5.21 Å². The monoisotopic (exact) mass is 545 g/mol. The summed E-state index contributed by atoms with van der Waals surface area (Å²) in [5.74, 6) is 0. The standard InChI is InChI=1S/C22H43N9O5S/c1-21(2,3)30-15-19(25-27-30)13-29(14-20-16-31(28-26-20)22(4,5)6)12-18(23)11-24-17-35-9-7-8-10-36-37(32,33)34/h11,15-16,24-25,27H,7-10,12-14,17,23H2,1-6H3,(H,32,33,34)/b18-11-. The lowest BCUT2D eigenvalue weighted by Gasteiger charge is -2.30. The van der Waals surface area contributed by atoms with E-state index in [1.165, 1.54) is 0 Å². The first-order valence-electron chi connectivity index (χ1n) is 12.2. The Balaban J connectivity index is 1.89. The van der Waals surface area contributed by atoms with Gasteiger partial charge in [-0.2, -0.15) is 8.42 Å². The van der Waals surface area contributed by atoms with Gasteiger partial charge >= 0.3 is 10.4 Å². The van der Waals surface area contributed by atoms with Gasteiger partial charge in [0, 0.05) is 49.9 Å². The number of hydrogen-bond acceptors (Lipinski definition) is 12. The molecule has 37 heavy (non-hydrogen) atoms. The van der Waals surface area contributed by atoms with Crippen LogP contribution in [-0.2, 0) is 31.4 Å². The van der Waals surface area contributed by atoms with E-state index in [1.54, 1.807) is 6.20 Å². The first-order valence-corrected chi connectivity index (χ1v) is 13.5. The van der Waals surface area contributed by atoms with Gasteiger partial charge in [-0.05, 0) is 54.4 Å². The smallest absolute Gasteiger partial charge is 0.397 e. The molecule has 1 aromatic rings. The third-order valence-electron chi connectivity index (χ3n) is 5.15. The molecule has 0 atom stereocenters. The van der Waals surface area contributed by atoms with Crippen molar-refractivity contribution in [3.63, 3.8) is 0 Å². The van der Waals surface area contributed by atoms with Crippen LogP contribution >= 0.6 is 0 Å². The van der Waals surface area contributed by atoms with Gasteiger partial charge in [0.2, 0.25) is 0 Å². The summed E-state index contributed by atoms with van der Waals surface area (Å²) >= 11 is 0. The molecule has 212 valence electrons. The zero-order valence-electron chi connectivity index (χ0n) is 22.7. The van der Waals surface area contributed by atoms with Gasteiger partial charge in [-0.15, -0.1) is 10.6 Å². The fourth-order valence-electron chi connectivity index (χ4n) is 3.21. The number of ether oxygens (including phenoxy) is 1. The van der Waals surface area contributed by atoms with Gasteiger partial charge in [-0.25, -0.2) is 8.86 Å². The molecule has 0 radical (unpaired) electrons. The van der Waals surface area contributed by atoms with E-state index in [9.17, 15) is 8.42 Å². The van der Waals surface area contributed by atoms with E-state index in [0.29, 0.717) is 44.8 Å². The second-order valence-electron chi connectivity index (χ2n) is 10.8. The van der Waals surface area contributed by atoms with Gasteiger partial charge in [0.25, 0.3) is 0 Å². The molecule has 1 aliphatic rings. The third kappa shape index (κ3) is 12.1. The Bertz CT molecular complexity index is 1010. The molecule has 2 rings (SSSR count). The van der Waals surface area contributed by atoms with Crippen LogP contribution in [-0.4, -0.2) is 76.4 Å². The summed E-state index contributed by atoms with van der Waals surface area (Å²) in [4.78, 5) is 2.16. The Morgan fingerprint density at radius 1 is 1.19 bits per heavy atom. The molecular weight excluding hydrogens is 502 g/mol. The van der Waals surface area contributed by atoms with E-state index in [-0.39, 0.29) is 24.4 Å². The summed E-state index contributed by atoms with van der Waals surface area (Å²) in [7, 11) is -4.39. The third-order valence-corrected chi connectivity index (χ3v) is 5.61. The van der Waals surface area contributed by atoms with Gasteiger partial charge in [0.1, 0.15) is 6.73 Å². The van der Waals surface area contributed by atoms with Crippen molar-refractivity contribution in [3.05, 3.63) is 35.7 Å². The van der Waals surface area contributed by atoms with Crippen molar-refractivity contribution in [1.29, 1.82) is 0 Å². The Hall–Kier alpha value is -2.43. The van der Waals surface area contributed by atoms with E-state index in [4.69, 9.17) is 15.0 Å². The molecule has 0 aromatic carbocycles. The normalized spacial score (nSPS) is 15.3. The molecule has 0 spiro atoms. The quantitative estimate of drug-likeness (QED) is 0.119. The molecular formula is C22H43N9O5S. The molecule has 0 fully saturated rings. The highest BCUT2D eigenvalue weighted by Gasteiger charge is 2.24. The molecule has 14 nitrogen and oxygen atoms in total. The van der Waals surface area contributed by atoms with Crippen LogP contribution in [0.1, 0.15) is 60.1 Å². The van der Waals surface area contributed by atoms with Gasteiger partial charge in [-0.3, -0.25) is 14.5 Å². The van der Waals surface area contributed by atoms with Gasteiger partial charge < -0.3 is 21.2 Å². The van der Waals surface area contributed by atoms with Crippen LogP contribution in [0.5, 0.6) is 0 Å². The zero-order chi connectivity index (χ0) is 27.7. The van der Waals surface area contributed by atoms with Crippen molar-refractivity contribution < 1.29 is 21.9 Å². The number of nitrogens with two attached hydrogens (primary N) is 1. The van der Waals surface area contributed by atoms with Crippen LogP contribution < -0.4 is 22.0 Å². The first-order chi connectivity index (χ1) is 17.1. The molecule has 0 saturated heterocycles. The number of unbranched alkanes of at least 4 members (excludes halogenated alkanes) is 1. The highest BCUT2D eigenvalue weighted by atomic mass is 32.3. The molecule has 6 N–H and O–H groups in total. The van der Waals surface area contributed by atoms with E-state index in [0.717, 1.165) is 11.4 Å². The fraction of sp³-hybridized carbons (Fsp3) is 0.727. The molecule has 0 saturated carbocycles. The molecule has 2 heterocycles. The van der Waals surface area contributed by atoms with Crippen molar-refractivity contribution in [2.24, 2.45) is 5.73 Å². The van der Waals surface area contributed by atoms with Crippen LogP contribution in [0.25, 0.3) is 0 Å². The maximum Gasteiger partial charge on any atom is 0.397 e. The Morgan fingerprint density at radius 2 is 1.89 bits per heavy atom. The largest absolute Gasteiger partial charge is 0.400 e. The predicted molar refractivity (Wildman–Crippen MR) is 139 cm³/mol. The van der Waals surface area contributed by atoms with E-state index in [2.05, 4.69) is 77.2 Å². The van der Waals surface area contributed by atoms with E-state index >= 15 is 0 Å². The number of aromatic nitrogens is 3. The second kappa shape index (κ2) is 13.4. The van der Waals surface area contributed by atoms with Crippen molar-refractivity contribution >= 4 is 10.4 Å². The van der Waals surface area contributed by atoms with E-state index < -0.39 is 10.4 Å². The fourth-order valence-corrected chi connectivity index (χ4v) is 3.54. The Kier molecular flexibility index (Phi) is 11.1. The summed E-state index contributed by atoms with van der Waals surface area (Å²) in [6.07, 6.45) is 6.73. The molecule has 0 unspecified atom stereocenters. The van der Waals surface area contributed by atoms with E-state index in [1.807, 2.05) is 22.1 Å². The molecule has 15 heteroatoms. The second-order valence-corrected chi connectivity index (χ2v) is 11.9. The number of hydrogen-bond donors (Lipinski definition) is 5. The maximum atomic E-state index is 10.5. The number of nitrogens with zero attached hydrogens (tertiary/aromatic N) is 5. The maximum absolute atomic E-state index is 10.5. The number of hydrazine groups is 2. The molecule has 1 aromatic heterocycles. The minimum Gasteiger partial charge on any atom is -0.400 e. The van der Waals surface area contributed by atoms with Crippen LogP contribution in [0.2, 0.25) is 0 Å². The SMILES string of the molecule is CC(C)(C)N1C=C(CN(C/C(N)=C/NCOCCCCOS(=O)(=O)O)Cc2cn(C(C)(C)C)nn2)NN1. The van der Waals surface area contributed by atoms with Crippen molar-refractivity contribution in [2.45, 2.75) is 72.0 Å².